The van der Waals surface area contributed by atoms with Crippen molar-refractivity contribution in [2.75, 3.05) is 6.54 Å². The fourth-order valence-corrected chi connectivity index (χ4v) is 2.61. The number of hydrogen-bond acceptors (Lipinski definition) is 1. The van der Waals surface area contributed by atoms with Crippen LogP contribution in [0.1, 0.15) is 52.9 Å². The molecule has 2 N–H and O–H groups in total. The van der Waals surface area contributed by atoms with Crippen LogP contribution in [0.25, 0.3) is 0 Å². The van der Waals surface area contributed by atoms with Gasteiger partial charge in [0.05, 0.1) is 0 Å². The third kappa shape index (κ3) is 4.86. The van der Waals surface area contributed by atoms with Gasteiger partial charge in [-0.15, -0.1) is 0 Å². The minimum atomic E-state index is -0.00481. The summed E-state index contributed by atoms with van der Waals surface area (Å²) in [5, 5.41) is 5.83. The lowest BCUT2D eigenvalue weighted by atomic mass is 9.81. The number of carbonyl (C=O) groups is 1. The Bertz CT molecular complexity index is 208. The number of hydrogen-bond donors (Lipinski definition) is 2. The second kappa shape index (κ2) is 6.77. The Kier molecular flexibility index (Phi) is 5.64. The highest BCUT2D eigenvalue weighted by Gasteiger charge is 2.22. The lowest BCUT2D eigenvalue weighted by molar-refractivity contribution is 0.222. The fourth-order valence-electron chi connectivity index (χ4n) is 2.61. The molecule has 94 valence electrons. The van der Waals surface area contributed by atoms with Crippen molar-refractivity contribution in [1.29, 1.82) is 0 Å². The van der Waals surface area contributed by atoms with Crippen LogP contribution in [0, 0.1) is 11.8 Å². The van der Waals surface area contributed by atoms with Gasteiger partial charge in [-0.2, -0.15) is 0 Å². The molecule has 0 radical (unpaired) electrons. The van der Waals surface area contributed by atoms with Crippen molar-refractivity contribution in [3.63, 3.8) is 0 Å². The molecule has 0 aromatic rings. The molecule has 2 amide bonds. The normalized spacial score (nSPS) is 25.5. The van der Waals surface area contributed by atoms with E-state index in [4.69, 9.17) is 0 Å². The van der Waals surface area contributed by atoms with Crippen LogP contribution >= 0.6 is 0 Å². The van der Waals surface area contributed by atoms with E-state index in [9.17, 15) is 4.79 Å². The molecule has 0 saturated heterocycles. The van der Waals surface area contributed by atoms with E-state index in [1.807, 2.05) is 6.92 Å². The van der Waals surface area contributed by atoms with Gasteiger partial charge in [-0.3, -0.25) is 0 Å². The Labute approximate surface area is 99.4 Å². The van der Waals surface area contributed by atoms with Crippen LogP contribution in [0.4, 0.5) is 4.79 Å². The molecule has 0 aromatic heterocycles. The lowest BCUT2D eigenvalue weighted by Crippen LogP contribution is -2.43. The predicted octanol–water partition coefficient (Wildman–Crippen LogP) is 2.91. The first-order chi connectivity index (χ1) is 7.61. The molecule has 0 aromatic carbocycles. The Morgan fingerprint density at radius 2 is 1.88 bits per heavy atom. The molecule has 1 aliphatic rings. The van der Waals surface area contributed by atoms with Crippen LogP contribution in [-0.2, 0) is 0 Å². The highest BCUT2D eigenvalue weighted by atomic mass is 16.2. The maximum atomic E-state index is 11.3. The average molecular weight is 226 g/mol. The second-order valence-electron chi connectivity index (χ2n) is 5.35. The Balaban J connectivity index is 2.19. The summed E-state index contributed by atoms with van der Waals surface area (Å²) in [6.07, 6.45) is 6.18. The molecule has 0 bridgehead atoms. The van der Waals surface area contributed by atoms with Crippen LogP contribution in [0.2, 0.25) is 0 Å². The van der Waals surface area contributed by atoms with Crippen LogP contribution < -0.4 is 10.6 Å². The van der Waals surface area contributed by atoms with Crippen LogP contribution in [0.5, 0.6) is 0 Å². The van der Waals surface area contributed by atoms with Crippen molar-refractivity contribution in [2.45, 2.75) is 58.9 Å². The molecule has 3 heteroatoms. The monoisotopic (exact) mass is 226 g/mol. The summed E-state index contributed by atoms with van der Waals surface area (Å²) in [7, 11) is 0. The largest absolute Gasteiger partial charge is 0.338 e. The quantitative estimate of drug-likeness (QED) is 0.760. The van der Waals surface area contributed by atoms with Crippen molar-refractivity contribution >= 4 is 6.03 Å². The van der Waals surface area contributed by atoms with Crippen molar-refractivity contribution < 1.29 is 4.79 Å². The van der Waals surface area contributed by atoms with Crippen molar-refractivity contribution in [2.24, 2.45) is 11.8 Å². The third-order valence-corrected chi connectivity index (χ3v) is 3.32. The average Bonchev–Trinajstić information content (AvgIpc) is 2.20. The van der Waals surface area contributed by atoms with E-state index in [1.165, 1.54) is 19.3 Å². The number of amides is 2. The molecule has 1 fully saturated rings. The van der Waals surface area contributed by atoms with E-state index in [0.717, 1.165) is 24.7 Å². The molecule has 1 saturated carbocycles. The third-order valence-electron chi connectivity index (χ3n) is 3.32. The highest BCUT2D eigenvalue weighted by Crippen LogP contribution is 2.29. The predicted molar refractivity (Wildman–Crippen MR) is 67.4 cm³/mol. The van der Waals surface area contributed by atoms with Gasteiger partial charge in [0, 0.05) is 12.6 Å². The van der Waals surface area contributed by atoms with Gasteiger partial charge in [-0.1, -0.05) is 13.8 Å². The number of urea groups is 1. The zero-order valence-electron chi connectivity index (χ0n) is 10.9. The molecule has 16 heavy (non-hydrogen) atoms. The molecule has 0 spiro atoms. The van der Waals surface area contributed by atoms with E-state index in [2.05, 4.69) is 24.5 Å². The van der Waals surface area contributed by atoms with Crippen LogP contribution in [0.15, 0.2) is 0 Å². The number of rotatable bonds is 4. The van der Waals surface area contributed by atoms with E-state index >= 15 is 0 Å². The molecule has 1 rings (SSSR count). The summed E-state index contributed by atoms with van der Waals surface area (Å²) < 4.78 is 0. The first-order valence-electron chi connectivity index (χ1n) is 6.66. The van der Waals surface area contributed by atoms with Gasteiger partial charge < -0.3 is 10.6 Å². The Hall–Kier alpha value is -0.730. The smallest absolute Gasteiger partial charge is 0.314 e. The number of nitrogens with one attached hydrogen (secondary N) is 2. The second-order valence-corrected chi connectivity index (χ2v) is 5.35. The van der Waals surface area contributed by atoms with Gasteiger partial charge in [0.15, 0.2) is 0 Å². The topological polar surface area (TPSA) is 41.1 Å². The zero-order valence-corrected chi connectivity index (χ0v) is 10.9. The van der Waals surface area contributed by atoms with Gasteiger partial charge in [0.2, 0.25) is 0 Å². The zero-order chi connectivity index (χ0) is 12.0. The van der Waals surface area contributed by atoms with E-state index in [0.29, 0.717) is 12.6 Å². The summed E-state index contributed by atoms with van der Waals surface area (Å²) >= 11 is 0. The molecular weight excluding hydrogens is 200 g/mol. The van der Waals surface area contributed by atoms with E-state index in [-0.39, 0.29) is 6.03 Å². The van der Waals surface area contributed by atoms with Crippen molar-refractivity contribution in [1.82, 2.24) is 10.6 Å². The maximum absolute atomic E-state index is 11.3. The standard InChI is InChI=1S/C13H26N2O/c1-4-14-13(16)15-12-7-5-11(6-8-12)9-10(2)3/h10-12H,4-9H2,1-3H3,(H2,14,15,16). The van der Waals surface area contributed by atoms with Crippen molar-refractivity contribution in [3.8, 4) is 0 Å². The Morgan fingerprint density at radius 3 is 2.38 bits per heavy atom. The maximum Gasteiger partial charge on any atom is 0.314 e. The van der Waals surface area contributed by atoms with Crippen LogP contribution in [-0.4, -0.2) is 18.6 Å². The molecule has 0 atom stereocenters. The molecule has 0 aliphatic heterocycles. The first kappa shape index (κ1) is 13.3. The summed E-state index contributed by atoms with van der Waals surface area (Å²) in [5.74, 6) is 1.69. The first-order valence-corrected chi connectivity index (χ1v) is 6.66. The lowest BCUT2D eigenvalue weighted by Gasteiger charge is -2.30. The minimum absolute atomic E-state index is 0.00481. The summed E-state index contributed by atoms with van der Waals surface area (Å²) in [4.78, 5) is 11.3. The summed E-state index contributed by atoms with van der Waals surface area (Å²) in [5.41, 5.74) is 0. The molecule has 0 heterocycles. The molecular formula is C13H26N2O. The fraction of sp³-hybridized carbons (Fsp3) is 0.923. The van der Waals surface area contributed by atoms with Crippen molar-refractivity contribution in [3.05, 3.63) is 0 Å². The van der Waals surface area contributed by atoms with Gasteiger partial charge in [-0.25, -0.2) is 4.79 Å². The number of carbonyl (C=O) groups excluding carboxylic acids is 1. The van der Waals surface area contributed by atoms with E-state index < -0.39 is 0 Å². The highest BCUT2D eigenvalue weighted by molar-refractivity contribution is 5.74. The molecule has 0 unspecified atom stereocenters. The Morgan fingerprint density at radius 1 is 1.25 bits per heavy atom. The SMILES string of the molecule is CCNC(=O)NC1CCC(CC(C)C)CC1. The molecule has 1 aliphatic carbocycles. The van der Waals surface area contributed by atoms with E-state index in [1.54, 1.807) is 0 Å². The van der Waals surface area contributed by atoms with Crippen LogP contribution in [0.3, 0.4) is 0 Å². The van der Waals surface area contributed by atoms with Gasteiger partial charge in [-0.05, 0) is 50.9 Å². The summed E-state index contributed by atoms with van der Waals surface area (Å²) in [6.45, 7) is 7.23. The summed E-state index contributed by atoms with van der Waals surface area (Å²) in [6, 6.07) is 0.393. The van der Waals surface area contributed by atoms with Gasteiger partial charge in [0.1, 0.15) is 0 Å². The minimum Gasteiger partial charge on any atom is -0.338 e. The molecule has 3 nitrogen and oxygen atoms in total. The van der Waals surface area contributed by atoms with Gasteiger partial charge in [0.25, 0.3) is 0 Å². The van der Waals surface area contributed by atoms with Gasteiger partial charge >= 0.3 is 6.03 Å².